The average Bonchev–Trinajstić information content (AvgIpc) is 3.35. The van der Waals surface area contributed by atoms with Crippen molar-refractivity contribution in [1.29, 1.82) is 0 Å². The van der Waals surface area contributed by atoms with Crippen molar-refractivity contribution >= 4 is 28.2 Å². The van der Waals surface area contributed by atoms with E-state index in [1.54, 1.807) is 25.4 Å². The molecule has 0 saturated carbocycles. The fourth-order valence-electron chi connectivity index (χ4n) is 5.61. The van der Waals surface area contributed by atoms with Crippen LogP contribution in [0, 0.1) is 11.6 Å². The van der Waals surface area contributed by atoms with Crippen molar-refractivity contribution in [2.45, 2.75) is 25.5 Å². The smallest absolute Gasteiger partial charge is 0.273 e. The Balaban J connectivity index is 1.45. The third kappa shape index (κ3) is 6.79. The fourth-order valence-corrected chi connectivity index (χ4v) is 5.61. The molecule has 3 aromatic carbocycles. The second-order valence-corrected chi connectivity index (χ2v) is 11.6. The number of para-hydroxylation sites is 1. The number of nitrogens with one attached hydrogen (secondary N) is 2. The monoisotopic (exact) mass is 592 g/mol. The van der Waals surface area contributed by atoms with Crippen LogP contribution in [0.5, 0.6) is 0 Å². The lowest BCUT2D eigenvalue weighted by molar-refractivity contribution is 0.101. The lowest BCUT2D eigenvalue weighted by Gasteiger charge is -2.37. The average molecular weight is 593 g/mol. The predicted molar refractivity (Wildman–Crippen MR) is 164 cm³/mol. The second kappa shape index (κ2) is 12.7. The molecule has 0 aliphatic carbocycles. The number of carbonyl (C=O) groups excluding carboxylic acids is 1. The minimum atomic E-state index is -0.684. The number of aromatic nitrogens is 2. The van der Waals surface area contributed by atoms with Gasteiger partial charge in [-0.15, -0.1) is 0 Å². The number of benzene rings is 3. The van der Waals surface area contributed by atoms with Crippen molar-refractivity contribution in [2.24, 2.45) is 0 Å². The van der Waals surface area contributed by atoms with Gasteiger partial charge in [-0.3, -0.25) is 4.79 Å². The molecular formula is C32H38F2N6O3. The first-order valence-corrected chi connectivity index (χ1v) is 14.2. The Morgan fingerprint density at radius 3 is 2.40 bits per heavy atom. The van der Waals surface area contributed by atoms with Gasteiger partial charge in [0.2, 0.25) is 0 Å². The zero-order valence-electron chi connectivity index (χ0n) is 25.2. The molecule has 1 unspecified atom stereocenters. The van der Waals surface area contributed by atoms with E-state index in [0.717, 1.165) is 49.0 Å². The maximum absolute atomic E-state index is 13.9. The summed E-state index contributed by atoms with van der Waals surface area (Å²) in [5, 5.41) is 8.73. The number of nitrogens with zero attached hydrogens (tertiary/aromatic N) is 4. The molecule has 0 bridgehead atoms. The summed E-state index contributed by atoms with van der Waals surface area (Å²) in [7, 11) is 5.25. The maximum atomic E-state index is 13.9. The summed E-state index contributed by atoms with van der Waals surface area (Å²) < 4.78 is 38.8. The molecule has 1 atom stereocenters. The first-order valence-electron chi connectivity index (χ1n) is 14.2. The molecule has 5 rings (SSSR count). The fraction of sp³-hybridized carbons (Fsp3) is 0.375. The summed E-state index contributed by atoms with van der Waals surface area (Å²) in [6, 6.07) is 14.4. The van der Waals surface area contributed by atoms with Crippen molar-refractivity contribution in [2.75, 3.05) is 69.7 Å². The molecular weight excluding hydrogens is 554 g/mol. The number of piperazine rings is 1. The van der Waals surface area contributed by atoms with Gasteiger partial charge in [0.15, 0.2) is 0 Å². The van der Waals surface area contributed by atoms with E-state index < -0.39 is 17.7 Å². The highest BCUT2D eigenvalue weighted by Crippen LogP contribution is 2.34. The predicted octanol–water partition coefficient (Wildman–Crippen LogP) is 5.02. The summed E-state index contributed by atoms with van der Waals surface area (Å²) in [5.41, 5.74) is 6.51. The summed E-state index contributed by atoms with van der Waals surface area (Å²) >= 11 is 0. The maximum Gasteiger partial charge on any atom is 0.273 e. The number of likely N-dealkylation sites (N-methyl/N-ethyl adjacent to an activating group) is 1. The Kier molecular flexibility index (Phi) is 8.95. The normalized spacial score (nSPS) is 15.1. The van der Waals surface area contributed by atoms with Gasteiger partial charge in [0, 0.05) is 51.9 Å². The number of ether oxygens (including phenoxy) is 2. The van der Waals surface area contributed by atoms with Crippen LogP contribution in [0.25, 0.3) is 10.9 Å². The minimum absolute atomic E-state index is 0.304. The van der Waals surface area contributed by atoms with Crippen LogP contribution in [0.1, 0.15) is 41.4 Å². The Bertz CT molecular complexity index is 1580. The van der Waals surface area contributed by atoms with Crippen molar-refractivity contribution in [1.82, 2.24) is 14.8 Å². The largest absolute Gasteiger partial charge is 0.382 e. The number of carbonyl (C=O) groups is 1. The van der Waals surface area contributed by atoms with Gasteiger partial charge in [-0.1, -0.05) is 12.1 Å². The molecule has 2 heterocycles. The highest BCUT2D eigenvalue weighted by atomic mass is 19.1. The number of methoxy groups -OCH3 is 2. The third-order valence-electron chi connectivity index (χ3n) is 7.60. The molecule has 0 radical (unpaired) electrons. The molecule has 1 aromatic heterocycles. The van der Waals surface area contributed by atoms with E-state index in [9.17, 15) is 13.6 Å². The lowest BCUT2D eigenvalue weighted by Crippen LogP contribution is -2.46. The molecule has 228 valence electrons. The third-order valence-corrected chi connectivity index (χ3v) is 7.60. The van der Waals surface area contributed by atoms with E-state index in [-0.39, 0.29) is 11.4 Å². The van der Waals surface area contributed by atoms with Crippen LogP contribution in [0.2, 0.25) is 0 Å². The summed E-state index contributed by atoms with van der Waals surface area (Å²) in [6.07, 6.45) is 0.946. The SMILES string of the molecule is COCC(C)(C)Nc1cccc(C(=O)Nn2ncc3cc(C(OC)c4cc(F)cc(F)c4)ccc32)c1N1CCN(C)CC1. The number of fused-ring (bicyclic) bond motifs is 1. The van der Waals surface area contributed by atoms with Gasteiger partial charge in [0.05, 0.1) is 40.8 Å². The lowest BCUT2D eigenvalue weighted by atomic mass is 10.00. The molecule has 43 heavy (non-hydrogen) atoms. The Morgan fingerprint density at radius 1 is 1.00 bits per heavy atom. The van der Waals surface area contributed by atoms with Crippen molar-refractivity contribution in [3.63, 3.8) is 0 Å². The topological polar surface area (TPSA) is 83.9 Å². The van der Waals surface area contributed by atoms with Crippen LogP contribution in [0.3, 0.4) is 0 Å². The van der Waals surface area contributed by atoms with Crippen LogP contribution in [0.15, 0.2) is 60.8 Å². The molecule has 9 nitrogen and oxygen atoms in total. The van der Waals surface area contributed by atoms with E-state index in [1.807, 2.05) is 24.3 Å². The molecule has 0 spiro atoms. The van der Waals surface area contributed by atoms with Gasteiger partial charge >= 0.3 is 0 Å². The Morgan fingerprint density at radius 2 is 1.72 bits per heavy atom. The number of hydrogen-bond acceptors (Lipinski definition) is 7. The number of rotatable bonds is 10. The van der Waals surface area contributed by atoms with Crippen LogP contribution in [-0.4, -0.2) is 80.3 Å². The quantitative estimate of drug-likeness (QED) is 0.268. The van der Waals surface area contributed by atoms with Crippen molar-refractivity contribution in [3.8, 4) is 0 Å². The molecule has 1 aliphatic heterocycles. The summed E-state index contributed by atoms with van der Waals surface area (Å²) in [5.74, 6) is -1.65. The number of anilines is 2. The Labute approximate surface area is 250 Å². The van der Waals surface area contributed by atoms with E-state index in [1.165, 1.54) is 24.0 Å². The van der Waals surface area contributed by atoms with Crippen LogP contribution < -0.4 is 15.6 Å². The van der Waals surface area contributed by atoms with E-state index in [0.29, 0.717) is 28.8 Å². The second-order valence-electron chi connectivity index (χ2n) is 11.6. The molecule has 1 fully saturated rings. The van der Waals surface area contributed by atoms with Gasteiger partial charge in [-0.25, -0.2) is 14.2 Å². The first kappa shape index (κ1) is 30.4. The van der Waals surface area contributed by atoms with Gasteiger partial charge in [-0.2, -0.15) is 9.89 Å². The highest BCUT2D eigenvalue weighted by Gasteiger charge is 2.27. The van der Waals surface area contributed by atoms with Gasteiger partial charge in [0.25, 0.3) is 5.91 Å². The van der Waals surface area contributed by atoms with Gasteiger partial charge < -0.3 is 24.6 Å². The molecule has 1 aliphatic rings. The van der Waals surface area contributed by atoms with Crippen LogP contribution >= 0.6 is 0 Å². The van der Waals surface area contributed by atoms with Crippen molar-refractivity contribution < 1.29 is 23.0 Å². The molecule has 4 aromatic rings. The first-order chi connectivity index (χ1) is 20.6. The molecule has 11 heteroatoms. The standard InChI is InChI=1S/C32H38F2N6O3/c1-32(2,20-42-4)36-27-8-6-7-26(29(27)39-13-11-38(3)12-14-39)31(41)37-40-28-10-9-21(15-23(28)19-35-40)30(43-5)22-16-24(33)18-25(34)17-22/h6-10,15-19,30,36H,11-14,20H2,1-5H3,(H,37,41). The number of hydrogen-bond donors (Lipinski definition) is 2. The zero-order valence-corrected chi connectivity index (χ0v) is 25.2. The van der Waals surface area contributed by atoms with E-state index in [2.05, 4.69) is 46.5 Å². The van der Waals surface area contributed by atoms with Gasteiger partial charge in [0.1, 0.15) is 17.7 Å². The number of halogens is 2. The summed E-state index contributed by atoms with van der Waals surface area (Å²) in [4.78, 5) is 19.8. The zero-order chi connectivity index (χ0) is 30.7. The molecule has 1 saturated heterocycles. The van der Waals surface area contributed by atoms with Crippen molar-refractivity contribution in [3.05, 3.63) is 89.1 Å². The van der Waals surface area contributed by atoms with E-state index in [4.69, 9.17) is 9.47 Å². The van der Waals surface area contributed by atoms with Crippen LogP contribution in [-0.2, 0) is 9.47 Å². The summed E-state index contributed by atoms with van der Waals surface area (Å²) in [6.45, 7) is 7.93. The van der Waals surface area contributed by atoms with Gasteiger partial charge in [-0.05, 0) is 68.4 Å². The number of amides is 1. The molecule has 2 N–H and O–H groups in total. The Hall–Kier alpha value is -4.06. The van der Waals surface area contributed by atoms with E-state index >= 15 is 0 Å². The van der Waals surface area contributed by atoms with Crippen LogP contribution in [0.4, 0.5) is 20.2 Å². The molecule has 1 amide bonds. The minimum Gasteiger partial charge on any atom is -0.382 e. The highest BCUT2D eigenvalue weighted by molar-refractivity contribution is 6.07.